The molecule has 0 atom stereocenters. The SMILES string of the molecule is Cc1c(NC2CC2)cccc1-c1ccc(N(C)C)nc1. The number of rotatable bonds is 4. The van der Waals surface area contributed by atoms with Crippen molar-refractivity contribution in [3.05, 3.63) is 42.1 Å². The maximum atomic E-state index is 4.50. The van der Waals surface area contributed by atoms with Crippen LogP contribution in [0, 0.1) is 6.92 Å². The molecule has 3 nitrogen and oxygen atoms in total. The van der Waals surface area contributed by atoms with E-state index in [-0.39, 0.29) is 0 Å². The van der Waals surface area contributed by atoms with Gasteiger partial charge < -0.3 is 10.2 Å². The van der Waals surface area contributed by atoms with E-state index in [9.17, 15) is 0 Å². The molecule has 1 aromatic carbocycles. The molecule has 1 aliphatic carbocycles. The third kappa shape index (κ3) is 2.62. The molecule has 1 aromatic heterocycles. The highest BCUT2D eigenvalue weighted by Crippen LogP contribution is 2.32. The standard InChI is InChI=1S/C17H21N3/c1-12-15(5-4-6-16(12)19-14-8-9-14)13-7-10-17(18-11-13)20(2)3/h4-7,10-11,14,19H,8-9H2,1-3H3. The molecule has 1 saturated carbocycles. The zero-order valence-corrected chi connectivity index (χ0v) is 12.4. The van der Waals surface area contributed by atoms with E-state index in [0.717, 1.165) is 5.82 Å². The highest BCUT2D eigenvalue weighted by Gasteiger charge is 2.21. The van der Waals surface area contributed by atoms with E-state index in [4.69, 9.17) is 0 Å². The van der Waals surface area contributed by atoms with Crippen molar-refractivity contribution >= 4 is 11.5 Å². The van der Waals surface area contributed by atoms with Gasteiger partial charge in [-0.05, 0) is 49.1 Å². The fourth-order valence-corrected chi connectivity index (χ4v) is 2.36. The summed E-state index contributed by atoms with van der Waals surface area (Å²) in [5.41, 5.74) is 4.99. The lowest BCUT2D eigenvalue weighted by molar-refractivity contribution is 1.07. The maximum absolute atomic E-state index is 4.50. The quantitative estimate of drug-likeness (QED) is 0.915. The van der Waals surface area contributed by atoms with E-state index >= 15 is 0 Å². The molecule has 1 heterocycles. The van der Waals surface area contributed by atoms with Gasteiger partial charge >= 0.3 is 0 Å². The van der Waals surface area contributed by atoms with E-state index in [1.807, 2.05) is 25.2 Å². The van der Waals surface area contributed by atoms with E-state index in [0.29, 0.717) is 6.04 Å². The molecule has 0 radical (unpaired) electrons. The van der Waals surface area contributed by atoms with Crippen molar-refractivity contribution in [1.29, 1.82) is 0 Å². The van der Waals surface area contributed by atoms with Gasteiger partial charge in [0, 0.05) is 37.6 Å². The molecule has 3 heteroatoms. The minimum atomic E-state index is 0.679. The summed E-state index contributed by atoms with van der Waals surface area (Å²) in [6.07, 6.45) is 4.55. The highest BCUT2D eigenvalue weighted by molar-refractivity contribution is 5.74. The Hall–Kier alpha value is -2.03. The summed E-state index contributed by atoms with van der Waals surface area (Å²) >= 11 is 0. The third-order valence-electron chi connectivity index (χ3n) is 3.79. The molecule has 0 unspecified atom stereocenters. The van der Waals surface area contributed by atoms with Crippen molar-refractivity contribution in [2.75, 3.05) is 24.3 Å². The van der Waals surface area contributed by atoms with Crippen molar-refractivity contribution in [2.24, 2.45) is 0 Å². The van der Waals surface area contributed by atoms with Gasteiger partial charge in [-0.3, -0.25) is 0 Å². The highest BCUT2D eigenvalue weighted by atomic mass is 15.1. The average molecular weight is 267 g/mol. The molecule has 20 heavy (non-hydrogen) atoms. The lowest BCUT2D eigenvalue weighted by Crippen LogP contribution is -2.10. The van der Waals surface area contributed by atoms with E-state index < -0.39 is 0 Å². The average Bonchev–Trinajstić information content (AvgIpc) is 3.25. The Balaban J connectivity index is 1.92. The Bertz CT molecular complexity index is 598. The summed E-state index contributed by atoms with van der Waals surface area (Å²) in [5, 5.41) is 3.60. The number of benzene rings is 1. The van der Waals surface area contributed by atoms with Crippen LogP contribution >= 0.6 is 0 Å². The van der Waals surface area contributed by atoms with Crippen molar-refractivity contribution in [3.8, 4) is 11.1 Å². The molecule has 3 rings (SSSR count). The van der Waals surface area contributed by atoms with Crippen LogP contribution in [-0.4, -0.2) is 25.1 Å². The lowest BCUT2D eigenvalue weighted by atomic mass is 10.0. The zero-order valence-electron chi connectivity index (χ0n) is 12.4. The number of hydrogen-bond acceptors (Lipinski definition) is 3. The summed E-state index contributed by atoms with van der Waals surface area (Å²) in [4.78, 5) is 6.52. The van der Waals surface area contributed by atoms with Gasteiger partial charge in [0.05, 0.1) is 0 Å². The Morgan fingerprint density at radius 1 is 1.15 bits per heavy atom. The monoisotopic (exact) mass is 267 g/mol. The van der Waals surface area contributed by atoms with Gasteiger partial charge in [0.15, 0.2) is 0 Å². The number of aromatic nitrogens is 1. The summed E-state index contributed by atoms with van der Waals surface area (Å²) < 4.78 is 0. The van der Waals surface area contributed by atoms with E-state index in [1.54, 1.807) is 0 Å². The normalized spacial score (nSPS) is 14.2. The minimum absolute atomic E-state index is 0.679. The van der Waals surface area contributed by atoms with Gasteiger partial charge in [0.2, 0.25) is 0 Å². The molecular formula is C17H21N3. The number of nitrogens with one attached hydrogen (secondary N) is 1. The number of anilines is 2. The van der Waals surface area contributed by atoms with E-state index in [2.05, 4.69) is 47.6 Å². The third-order valence-corrected chi connectivity index (χ3v) is 3.79. The second kappa shape index (κ2) is 5.16. The minimum Gasteiger partial charge on any atom is -0.382 e. The van der Waals surface area contributed by atoms with Gasteiger partial charge in [0.25, 0.3) is 0 Å². The Labute approximate surface area is 120 Å². The molecule has 1 fully saturated rings. The molecule has 0 aliphatic heterocycles. The summed E-state index contributed by atoms with van der Waals surface area (Å²) in [6.45, 7) is 2.18. The van der Waals surface area contributed by atoms with Gasteiger partial charge in [-0.25, -0.2) is 4.98 Å². The largest absolute Gasteiger partial charge is 0.382 e. The smallest absolute Gasteiger partial charge is 0.127 e. The second-order valence-electron chi connectivity index (χ2n) is 5.70. The first-order valence-electron chi connectivity index (χ1n) is 7.15. The number of nitrogens with zero attached hydrogens (tertiary/aromatic N) is 2. The van der Waals surface area contributed by atoms with Crippen LogP contribution in [0.15, 0.2) is 36.5 Å². The summed E-state index contributed by atoms with van der Waals surface area (Å²) in [7, 11) is 4.01. The van der Waals surface area contributed by atoms with Crippen LogP contribution in [0.2, 0.25) is 0 Å². The van der Waals surface area contributed by atoms with Crippen LogP contribution in [-0.2, 0) is 0 Å². The molecule has 0 saturated heterocycles. The van der Waals surface area contributed by atoms with Crippen molar-refractivity contribution in [2.45, 2.75) is 25.8 Å². The molecule has 1 aliphatic rings. The predicted octanol–water partition coefficient (Wildman–Crippen LogP) is 3.70. The predicted molar refractivity (Wildman–Crippen MR) is 85.4 cm³/mol. The topological polar surface area (TPSA) is 28.2 Å². The van der Waals surface area contributed by atoms with Crippen LogP contribution < -0.4 is 10.2 Å². The van der Waals surface area contributed by atoms with E-state index in [1.165, 1.54) is 35.2 Å². The van der Waals surface area contributed by atoms with Gasteiger partial charge in [-0.2, -0.15) is 0 Å². The van der Waals surface area contributed by atoms with Crippen molar-refractivity contribution in [3.63, 3.8) is 0 Å². The van der Waals surface area contributed by atoms with Crippen molar-refractivity contribution in [1.82, 2.24) is 4.98 Å². The molecule has 104 valence electrons. The Kier molecular flexibility index (Phi) is 3.35. The first-order valence-corrected chi connectivity index (χ1v) is 7.15. The second-order valence-corrected chi connectivity index (χ2v) is 5.70. The Morgan fingerprint density at radius 3 is 2.55 bits per heavy atom. The summed E-state index contributed by atoms with van der Waals surface area (Å²) in [6, 6.07) is 11.3. The van der Waals surface area contributed by atoms with Crippen LogP contribution in [0.3, 0.4) is 0 Å². The van der Waals surface area contributed by atoms with Crippen LogP contribution in [0.4, 0.5) is 11.5 Å². The molecule has 1 N–H and O–H groups in total. The summed E-state index contributed by atoms with van der Waals surface area (Å²) in [5.74, 6) is 0.985. The first kappa shape index (κ1) is 13.0. The fourth-order valence-electron chi connectivity index (χ4n) is 2.36. The van der Waals surface area contributed by atoms with Crippen molar-refractivity contribution < 1.29 is 0 Å². The molecule has 0 spiro atoms. The zero-order chi connectivity index (χ0) is 14.1. The van der Waals surface area contributed by atoms with Gasteiger partial charge in [0.1, 0.15) is 5.82 Å². The van der Waals surface area contributed by atoms with Gasteiger partial charge in [-0.15, -0.1) is 0 Å². The molecular weight excluding hydrogens is 246 g/mol. The molecule has 2 aromatic rings. The van der Waals surface area contributed by atoms with Crippen LogP contribution in [0.5, 0.6) is 0 Å². The lowest BCUT2D eigenvalue weighted by Gasteiger charge is -2.14. The molecule has 0 amide bonds. The maximum Gasteiger partial charge on any atom is 0.127 e. The Morgan fingerprint density at radius 2 is 1.95 bits per heavy atom. The fraction of sp³-hybridized carbons (Fsp3) is 0.353. The molecule has 0 bridgehead atoms. The van der Waals surface area contributed by atoms with Crippen LogP contribution in [0.25, 0.3) is 11.1 Å². The number of pyridine rings is 1. The van der Waals surface area contributed by atoms with Crippen LogP contribution in [0.1, 0.15) is 18.4 Å². The van der Waals surface area contributed by atoms with Gasteiger partial charge in [-0.1, -0.05) is 12.1 Å². The number of hydrogen-bond donors (Lipinski definition) is 1. The first-order chi connectivity index (χ1) is 9.65.